The van der Waals surface area contributed by atoms with Crippen molar-refractivity contribution in [2.45, 2.75) is 37.8 Å². The molecule has 0 aliphatic carbocycles. The van der Waals surface area contributed by atoms with Crippen molar-refractivity contribution in [1.29, 1.82) is 0 Å². The summed E-state index contributed by atoms with van der Waals surface area (Å²) in [7, 11) is 1.81. The van der Waals surface area contributed by atoms with E-state index in [0.29, 0.717) is 6.54 Å². The van der Waals surface area contributed by atoms with Crippen LogP contribution in [-0.4, -0.2) is 98.1 Å². The number of hydrogen-bond acceptors (Lipinski definition) is 5. The maximum atomic E-state index is 12.8. The number of likely N-dealkylation sites (tertiary alicyclic amines) is 2. The molecular formula is C17H30N4O3. The number of likely N-dealkylation sites (N-methyl/N-ethyl adjacent to an activating group) is 1. The van der Waals surface area contributed by atoms with E-state index in [1.165, 1.54) is 0 Å². The minimum absolute atomic E-state index is 0.0704. The molecule has 24 heavy (non-hydrogen) atoms. The van der Waals surface area contributed by atoms with Crippen molar-refractivity contribution in [2.24, 2.45) is 0 Å². The Balaban J connectivity index is 1.54. The lowest BCUT2D eigenvalue weighted by molar-refractivity contribution is -0.144. The molecule has 2 atom stereocenters. The fraction of sp³-hybridized carbons (Fsp3) is 0.882. The van der Waals surface area contributed by atoms with Gasteiger partial charge < -0.3 is 19.9 Å². The third kappa shape index (κ3) is 4.07. The Morgan fingerprint density at radius 3 is 2.67 bits per heavy atom. The maximum absolute atomic E-state index is 12.8. The van der Waals surface area contributed by atoms with Crippen LogP contribution in [-0.2, 0) is 14.3 Å². The Hall–Kier alpha value is -1.18. The van der Waals surface area contributed by atoms with Crippen LogP contribution >= 0.6 is 0 Å². The molecule has 1 N–H and O–H groups in total. The van der Waals surface area contributed by atoms with E-state index >= 15 is 0 Å². The van der Waals surface area contributed by atoms with Gasteiger partial charge in [0.15, 0.2) is 0 Å². The van der Waals surface area contributed by atoms with Gasteiger partial charge in [0.05, 0.1) is 25.8 Å². The third-order valence-electron chi connectivity index (χ3n) is 5.48. The summed E-state index contributed by atoms with van der Waals surface area (Å²) in [5.41, 5.74) is 0. The topological polar surface area (TPSA) is 65.1 Å². The zero-order valence-corrected chi connectivity index (χ0v) is 14.7. The van der Waals surface area contributed by atoms with Crippen molar-refractivity contribution in [1.82, 2.24) is 20.0 Å². The number of amides is 2. The number of morpholine rings is 1. The molecule has 3 saturated heterocycles. The summed E-state index contributed by atoms with van der Waals surface area (Å²) in [6, 6.07) is 0.157. The first-order valence-corrected chi connectivity index (χ1v) is 9.24. The first kappa shape index (κ1) is 17.6. The molecule has 0 aromatic heterocycles. The Morgan fingerprint density at radius 1 is 1.17 bits per heavy atom. The van der Waals surface area contributed by atoms with Gasteiger partial charge in [0.25, 0.3) is 0 Å². The van der Waals surface area contributed by atoms with E-state index in [4.69, 9.17) is 4.74 Å². The molecule has 0 spiro atoms. The molecule has 0 radical (unpaired) electrons. The van der Waals surface area contributed by atoms with Crippen molar-refractivity contribution in [3.8, 4) is 0 Å². The first-order chi connectivity index (χ1) is 11.7. The van der Waals surface area contributed by atoms with Crippen LogP contribution in [0.4, 0.5) is 0 Å². The highest BCUT2D eigenvalue weighted by molar-refractivity contribution is 5.88. The lowest BCUT2D eigenvalue weighted by Crippen LogP contribution is -2.54. The van der Waals surface area contributed by atoms with Crippen LogP contribution in [0.2, 0.25) is 0 Å². The van der Waals surface area contributed by atoms with Crippen molar-refractivity contribution in [2.75, 3.05) is 59.5 Å². The van der Waals surface area contributed by atoms with Crippen LogP contribution in [0.15, 0.2) is 0 Å². The molecular weight excluding hydrogens is 308 g/mol. The number of rotatable bonds is 5. The molecule has 2 unspecified atom stereocenters. The van der Waals surface area contributed by atoms with Gasteiger partial charge in [0.2, 0.25) is 11.8 Å². The Kier molecular flexibility index (Phi) is 6.08. The van der Waals surface area contributed by atoms with Gasteiger partial charge in [0, 0.05) is 38.8 Å². The summed E-state index contributed by atoms with van der Waals surface area (Å²) in [6.07, 6.45) is 3.95. The second kappa shape index (κ2) is 8.27. The molecule has 2 amide bonds. The smallest absolute Gasteiger partial charge is 0.242 e. The molecule has 3 aliphatic heterocycles. The minimum atomic E-state index is -0.130. The molecule has 3 heterocycles. The number of nitrogens with zero attached hydrogens (tertiary/aromatic N) is 3. The Bertz CT molecular complexity index is 453. The number of piperidine rings is 1. The molecule has 0 aromatic carbocycles. The molecule has 0 bridgehead atoms. The van der Waals surface area contributed by atoms with Crippen molar-refractivity contribution >= 4 is 11.8 Å². The average Bonchev–Trinajstić information content (AvgIpc) is 3.06. The Labute approximate surface area is 144 Å². The highest BCUT2D eigenvalue weighted by Crippen LogP contribution is 2.20. The third-order valence-corrected chi connectivity index (χ3v) is 5.48. The monoisotopic (exact) mass is 338 g/mol. The van der Waals surface area contributed by atoms with E-state index in [2.05, 4.69) is 10.2 Å². The highest BCUT2D eigenvalue weighted by Gasteiger charge is 2.34. The summed E-state index contributed by atoms with van der Waals surface area (Å²) in [6.45, 7) is 6.16. The zero-order chi connectivity index (χ0) is 16.9. The van der Waals surface area contributed by atoms with Gasteiger partial charge in [-0.2, -0.15) is 0 Å². The molecule has 136 valence electrons. The van der Waals surface area contributed by atoms with Crippen molar-refractivity contribution < 1.29 is 14.3 Å². The second-order valence-corrected chi connectivity index (χ2v) is 7.04. The predicted molar refractivity (Wildman–Crippen MR) is 90.7 cm³/mol. The molecule has 0 saturated carbocycles. The van der Waals surface area contributed by atoms with E-state index in [0.717, 1.165) is 65.1 Å². The van der Waals surface area contributed by atoms with E-state index in [-0.39, 0.29) is 30.4 Å². The molecule has 7 nitrogen and oxygen atoms in total. The Morgan fingerprint density at radius 2 is 1.92 bits per heavy atom. The van der Waals surface area contributed by atoms with E-state index < -0.39 is 0 Å². The summed E-state index contributed by atoms with van der Waals surface area (Å²) >= 11 is 0. The highest BCUT2D eigenvalue weighted by atomic mass is 16.5. The predicted octanol–water partition coefficient (Wildman–Crippen LogP) is -0.480. The van der Waals surface area contributed by atoms with Crippen LogP contribution in [0, 0.1) is 0 Å². The van der Waals surface area contributed by atoms with Crippen LogP contribution < -0.4 is 5.32 Å². The van der Waals surface area contributed by atoms with E-state index in [1.807, 2.05) is 11.9 Å². The van der Waals surface area contributed by atoms with Gasteiger partial charge in [-0.05, 0) is 32.7 Å². The number of nitrogens with one attached hydrogen (secondary N) is 1. The number of ether oxygens (including phenoxy) is 1. The molecule has 3 aliphatic rings. The molecule has 3 rings (SSSR count). The average molecular weight is 338 g/mol. The molecule has 3 fully saturated rings. The van der Waals surface area contributed by atoms with Crippen molar-refractivity contribution in [3.63, 3.8) is 0 Å². The summed E-state index contributed by atoms with van der Waals surface area (Å²) in [4.78, 5) is 31.3. The molecule has 0 aromatic rings. The fourth-order valence-electron chi connectivity index (χ4n) is 4.05. The maximum Gasteiger partial charge on any atom is 0.242 e. The second-order valence-electron chi connectivity index (χ2n) is 7.04. The lowest BCUT2D eigenvalue weighted by Gasteiger charge is -2.35. The quantitative estimate of drug-likeness (QED) is 0.734. The van der Waals surface area contributed by atoms with E-state index in [1.54, 1.807) is 4.90 Å². The number of hydrogen-bond donors (Lipinski definition) is 1. The summed E-state index contributed by atoms with van der Waals surface area (Å²) < 4.78 is 5.40. The standard InChI is InChI=1S/C17H30N4O3/c1-18-15-5-3-6-20(17(15)23)13-16(22)21-7-2-4-14(21)12-19-8-10-24-11-9-19/h14-15,18H,2-13H2,1H3. The van der Waals surface area contributed by atoms with Crippen LogP contribution in [0.3, 0.4) is 0 Å². The SMILES string of the molecule is CNC1CCCN(CC(=O)N2CCCC2CN2CCOCC2)C1=O. The molecule has 7 heteroatoms. The normalized spacial score (nSPS) is 29.3. The van der Waals surface area contributed by atoms with Gasteiger partial charge in [-0.3, -0.25) is 14.5 Å². The zero-order valence-electron chi connectivity index (χ0n) is 14.7. The van der Waals surface area contributed by atoms with Gasteiger partial charge in [-0.1, -0.05) is 0 Å². The fourth-order valence-corrected chi connectivity index (χ4v) is 4.05. The van der Waals surface area contributed by atoms with Crippen molar-refractivity contribution in [3.05, 3.63) is 0 Å². The lowest BCUT2D eigenvalue weighted by atomic mass is 10.1. The summed E-state index contributed by atoms with van der Waals surface area (Å²) in [5, 5.41) is 3.05. The van der Waals surface area contributed by atoms with Gasteiger partial charge in [0.1, 0.15) is 0 Å². The number of carbonyl (C=O) groups excluding carboxylic acids is 2. The van der Waals surface area contributed by atoms with Crippen LogP contribution in [0.1, 0.15) is 25.7 Å². The minimum Gasteiger partial charge on any atom is -0.379 e. The largest absolute Gasteiger partial charge is 0.379 e. The van der Waals surface area contributed by atoms with Gasteiger partial charge in [-0.25, -0.2) is 0 Å². The van der Waals surface area contributed by atoms with Crippen LogP contribution in [0.25, 0.3) is 0 Å². The van der Waals surface area contributed by atoms with Crippen LogP contribution in [0.5, 0.6) is 0 Å². The van der Waals surface area contributed by atoms with Gasteiger partial charge >= 0.3 is 0 Å². The summed E-state index contributed by atoms with van der Waals surface area (Å²) in [5.74, 6) is 0.178. The number of carbonyl (C=O) groups is 2. The van der Waals surface area contributed by atoms with E-state index in [9.17, 15) is 9.59 Å². The first-order valence-electron chi connectivity index (χ1n) is 9.24. The van der Waals surface area contributed by atoms with Gasteiger partial charge in [-0.15, -0.1) is 0 Å².